The molecule has 1 aromatic heterocycles. The molecule has 2 aromatic rings. The van der Waals surface area contributed by atoms with Gasteiger partial charge in [-0.05, 0) is 31.5 Å². The van der Waals surface area contributed by atoms with Crippen LogP contribution in [0.5, 0.6) is 0 Å². The Morgan fingerprint density at radius 3 is 2.58 bits per heavy atom. The molecular weight excluding hydrogens is 255 g/mol. The summed E-state index contributed by atoms with van der Waals surface area (Å²) < 4.78 is 40.2. The summed E-state index contributed by atoms with van der Waals surface area (Å²) in [6.07, 6.45) is -1.35. The lowest BCUT2D eigenvalue weighted by Gasteiger charge is -2.15. The van der Waals surface area contributed by atoms with Crippen molar-refractivity contribution < 1.29 is 13.2 Å². The Bertz CT molecular complexity index is 585. The lowest BCUT2D eigenvalue weighted by atomic mass is 10.1. The van der Waals surface area contributed by atoms with Gasteiger partial charge in [-0.2, -0.15) is 13.2 Å². The second-order valence-electron chi connectivity index (χ2n) is 4.47. The summed E-state index contributed by atoms with van der Waals surface area (Å²) in [5.41, 5.74) is 6.39. The minimum Gasteiger partial charge on any atom is -0.323 e. The summed E-state index contributed by atoms with van der Waals surface area (Å²) in [6.45, 7) is 3.19. The predicted octanol–water partition coefficient (Wildman–Crippen LogP) is 3.22. The zero-order valence-corrected chi connectivity index (χ0v) is 10.6. The summed E-state index contributed by atoms with van der Waals surface area (Å²) in [5.74, 6) is 0. The maximum atomic E-state index is 12.9. The number of imidazole rings is 1. The number of hydrogen-bond acceptors (Lipinski definition) is 2. The summed E-state index contributed by atoms with van der Waals surface area (Å²) in [6, 6.07) is 3.88. The lowest BCUT2D eigenvalue weighted by Crippen LogP contribution is -2.12. The quantitative estimate of drug-likeness (QED) is 0.909. The molecule has 0 amide bonds. The lowest BCUT2D eigenvalue weighted by molar-refractivity contribution is -0.138. The third kappa shape index (κ3) is 2.63. The van der Waals surface area contributed by atoms with E-state index >= 15 is 0 Å². The molecule has 2 rings (SSSR count). The van der Waals surface area contributed by atoms with Gasteiger partial charge in [0.2, 0.25) is 0 Å². The molecule has 1 aromatic carbocycles. The predicted molar refractivity (Wildman–Crippen MR) is 65.9 cm³/mol. The van der Waals surface area contributed by atoms with Crippen molar-refractivity contribution in [1.29, 1.82) is 0 Å². The molecule has 0 saturated heterocycles. The van der Waals surface area contributed by atoms with Gasteiger partial charge in [-0.15, -0.1) is 0 Å². The monoisotopic (exact) mass is 269 g/mol. The van der Waals surface area contributed by atoms with Crippen molar-refractivity contribution in [1.82, 2.24) is 9.55 Å². The van der Waals surface area contributed by atoms with Crippen LogP contribution in [0, 0.1) is 6.92 Å². The van der Waals surface area contributed by atoms with Gasteiger partial charge < -0.3 is 10.3 Å². The van der Waals surface area contributed by atoms with Crippen LogP contribution < -0.4 is 5.73 Å². The molecule has 6 heteroatoms. The molecule has 102 valence electrons. The number of halogens is 3. The molecule has 2 N–H and O–H groups in total. The minimum absolute atomic E-state index is 0.193. The van der Waals surface area contributed by atoms with E-state index in [4.69, 9.17) is 5.73 Å². The Hall–Kier alpha value is -1.82. The average Bonchev–Trinajstić information content (AvgIpc) is 2.77. The van der Waals surface area contributed by atoms with E-state index in [2.05, 4.69) is 4.98 Å². The molecule has 1 atom stereocenters. The van der Waals surface area contributed by atoms with E-state index in [0.29, 0.717) is 11.4 Å². The van der Waals surface area contributed by atoms with Crippen molar-refractivity contribution in [2.24, 2.45) is 5.73 Å². The van der Waals surface area contributed by atoms with E-state index in [0.717, 1.165) is 6.07 Å². The first kappa shape index (κ1) is 13.6. The van der Waals surface area contributed by atoms with Crippen LogP contribution in [0.3, 0.4) is 0 Å². The number of aryl methyl sites for hydroxylation is 1. The molecule has 0 aliphatic heterocycles. The first-order valence-electron chi connectivity index (χ1n) is 5.76. The van der Waals surface area contributed by atoms with Crippen molar-refractivity contribution in [2.75, 3.05) is 0 Å². The number of alkyl halides is 3. The van der Waals surface area contributed by atoms with E-state index in [9.17, 15) is 13.2 Å². The molecular formula is C13H14F3N3. The fraction of sp³-hybridized carbons (Fsp3) is 0.308. The highest BCUT2D eigenvalue weighted by Crippen LogP contribution is 2.33. The van der Waals surface area contributed by atoms with Gasteiger partial charge in [0.05, 0.1) is 23.8 Å². The van der Waals surface area contributed by atoms with Crippen molar-refractivity contribution in [2.45, 2.75) is 26.1 Å². The third-order valence-electron chi connectivity index (χ3n) is 2.94. The fourth-order valence-electron chi connectivity index (χ4n) is 1.92. The first-order chi connectivity index (χ1) is 8.80. The summed E-state index contributed by atoms with van der Waals surface area (Å²) >= 11 is 0. The first-order valence-corrected chi connectivity index (χ1v) is 5.76. The van der Waals surface area contributed by atoms with Crippen molar-refractivity contribution >= 4 is 0 Å². The van der Waals surface area contributed by atoms with E-state index in [1.54, 1.807) is 23.8 Å². The minimum atomic E-state index is -4.37. The molecule has 19 heavy (non-hydrogen) atoms. The van der Waals surface area contributed by atoms with Crippen LogP contribution >= 0.6 is 0 Å². The topological polar surface area (TPSA) is 43.8 Å². The Morgan fingerprint density at radius 1 is 1.32 bits per heavy atom. The zero-order valence-electron chi connectivity index (χ0n) is 10.6. The van der Waals surface area contributed by atoms with Gasteiger partial charge in [-0.3, -0.25) is 0 Å². The molecule has 0 aliphatic carbocycles. The highest BCUT2D eigenvalue weighted by Gasteiger charge is 2.32. The molecule has 0 unspecified atom stereocenters. The van der Waals surface area contributed by atoms with Crippen LogP contribution in [0.4, 0.5) is 13.2 Å². The van der Waals surface area contributed by atoms with Gasteiger partial charge in [-0.25, -0.2) is 4.98 Å². The second kappa shape index (κ2) is 4.70. The van der Waals surface area contributed by atoms with Gasteiger partial charge in [-0.1, -0.05) is 6.07 Å². The van der Waals surface area contributed by atoms with Gasteiger partial charge in [0.1, 0.15) is 0 Å². The molecule has 0 aliphatic rings. The summed E-state index contributed by atoms with van der Waals surface area (Å²) in [5, 5.41) is 0. The van der Waals surface area contributed by atoms with Crippen LogP contribution in [0.15, 0.2) is 30.7 Å². The average molecular weight is 269 g/mol. The highest BCUT2D eigenvalue weighted by molar-refractivity contribution is 5.42. The number of nitrogens with zero attached hydrogens (tertiary/aromatic N) is 2. The zero-order chi connectivity index (χ0) is 14.2. The second-order valence-corrected chi connectivity index (χ2v) is 4.47. The standard InChI is InChI=1S/C13H14F3N3/c1-8-3-4-10(5-11(8)13(14,15)16)19-7-18-6-12(19)9(2)17/h3-7,9H,17H2,1-2H3/t9-/m0/s1. The number of benzene rings is 1. The summed E-state index contributed by atoms with van der Waals surface area (Å²) in [4.78, 5) is 3.94. The molecule has 0 fully saturated rings. The smallest absolute Gasteiger partial charge is 0.323 e. The SMILES string of the molecule is Cc1ccc(-n2cncc2[C@H](C)N)cc1C(F)(F)F. The molecule has 0 radical (unpaired) electrons. The van der Waals surface area contributed by atoms with Crippen LogP contribution in [-0.2, 0) is 6.18 Å². The number of nitrogens with two attached hydrogens (primary N) is 1. The van der Waals surface area contributed by atoms with Crippen molar-refractivity contribution in [3.63, 3.8) is 0 Å². The Labute approximate surface area is 108 Å². The normalized spacial score (nSPS) is 13.6. The highest BCUT2D eigenvalue weighted by atomic mass is 19.4. The maximum absolute atomic E-state index is 12.9. The number of aromatic nitrogens is 2. The molecule has 0 spiro atoms. The maximum Gasteiger partial charge on any atom is 0.416 e. The van der Waals surface area contributed by atoms with Crippen molar-refractivity contribution in [3.8, 4) is 5.69 Å². The molecule has 0 bridgehead atoms. The van der Waals surface area contributed by atoms with Crippen molar-refractivity contribution in [3.05, 3.63) is 47.5 Å². The number of hydrogen-bond donors (Lipinski definition) is 1. The van der Waals surface area contributed by atoms with E-state index in [-0.39, 0.29) is 11.6 Å². The summed E-state index contributed by atoms with van der Waals surface area (Å²) in [7, 11) is 0. The molecule has 1 heterocycles. The largest absolute Gasteiger partial charge is 0.416 e. The fourth-order valence-corrected chi connectivity index (χ4v) is 1.92. The van der Waals surface area contributed by atoms with Gasteiger partial charge in [0, 0.05) is 11.7 Å². The number of rotatable bonds is 2. The Morgan fingerprint density at radius 2 is 2.00 bits per heavy atom. The van der Waals surface area contributed by atoms with E-state index < -0.39 is 11.7 Å². The van der Waals surface area contributed by atoms with Crippen LogP contribution in [-0.4, -0.2) is 9.55 Å². The van der Waals surface area contributed by atoms with Gasteiger partial charge in [0.25, 0.3) is 0 Å². The Balaban J connectivity index is 2.55. The van der Waals surface area contributed by atoms with Crippen LogP contribution in [0.2, 0.25) is 0 Å². The van der Waals surface area contributed by atoms with Crippen LogP contribution in [0.25, 0.3) is 5.69 Å². The third-order valence-corrected chi connectivity index (χ3v) is 2.94. The molecule has 3 nitrogen and oxygen atoms in total. The van der Waals surface area contributed by atoms with E-state index in [1.807, 2.05) is 0 Å². The van der Waals surface area contributed by atoms with Crippen LogP contribution in [0.1, 0.15) is 29.8 Å². The van der Waals surface area contributed by atoms with Gasteiger partial charge in [0.15, 0.2) is 0 Å². The van der Waals surface area contributed by atoms with E-state index in [1.165, 1.54) is 19.3 Å². The molecule has 0 saturated carbocycles. The Kier molecular flexibility index (Phi) is 3.36. The van der Waals surface area contributed by atoms with Gasteiger partial charge >= 0.3 is 6.18 Å².